The summed E-state index contributed by atoms with van der Waals surface area (Å²) in [5, 5.41) is 0.842. The van der Waals surface area contributed by atoms with E-state index in [1.807, 2.05) is 12.1 Å². The van der Waals surface area contributed by atoms with Crippen molar-refractivity contribution in [2.75, 3.05) is 0 Å². The Balaban J connectivity index is 2.14. The number of nitrogens with zero attached hydrogens (tertiary/aromatic N) is 2. The number of aromatic amines is 1. The number of hydrogen-bond acceptors (Lipinski definition) is 3. The molecule has 0 atom stereocenters. The lowest BCUT2D eigenvalue weighted by Gasteiger charge is -1.98. The number of rotatable bonds is 2. The van der Waals surface area contributed by atoms with Crippen LogP contribution in [-0.4, -0.2) is 20.7 Å². The molecular weight excluding hydrogens is 214 g/mol. The molecule has 0 aliphatic heterocycles. The van der Waals surface area contributed by atoms with Crippen molar-refractivity contribution in [3.63, 3.8) is 0 Å². The van der Waals surface area contributed by atoms with Crippen LogP contribution in [0.5, 0.6) is 0 Å². The fourth-order valence-corrected chi connectivity index (χ4v) is 1.80. The summed E-state index contributed by atoms with van der Waals surface area (Å²) in [4.78, 5) is 23.3. The Kier molecular flexibility index (Phi) is 2.19. The quantitative estimate of drug-likeness (QED) is 0.677. The third kappa shape index (κ3) is 1.59. The van der Waals surface area contributed by atoms with E-state index in [0.29, 0.717) is 11.1 Å². The van der Waals surface area contributed by atoms with Crippen molar-refractivity contribution in [1.29, 1.82) is 0 Å². The van der Waals surface area contributed by atoms with Crippen LogP contribution in [-0.2, 0) is 0 Å². The fraction of sp³-hybridized carbons (Fsp3) is 0. The van der Waals surface area contributed by atoms with E-state index in [1.54, 1.807) is 36.9 Å². The van der Waals surface area contributed by atoms with Crippen LogP contribution in [0.25, 0.3) is 11.0 Å². The second kappa shape index (κ2) is 3.83. The van der Waals surface area contributed by atoms with Crippen molar-refractivity contribution < 1.29 is 4.79 Å². The van der Waals surface area contributed by atoms with Gasteiger partial charge < -0.3 is 4.98 Å². The van der Waals surface area contributed by atoms with Gasteiger partial charge in [-0.25, -0.2) is 4.98 Å². The summed E-state index contributed by atoms with van der Waals surface area (Å²) in [7, 11) is 0. The number of nitrogens with one attached hydrogen (secondary N) is 1. The second-order valence-corrected chi connectivity index (χ2v) is 3.67. The Morgan fingerprint density at radius 3 is 2.76 bits per heavy atom. The summed E-state index contributed by atoms with van der Waals surface area (Å²) in [6, 6.07) is 7.11. The van der Waals surface area contributed by atoms with Gasteiger partial charge in [0.2, 0.25) is 0 Å². The van der Waals surface area contributed by atoms with E-state index < -0.39 is 0 Å². The Morgan fingerprint density at radius 2 is 1.94 bits per heavy atom. The van der Waals surface area contributed by atoms with Crippen molar-refractivity contribution in [1.82, 2.24) is 15.0 Å². The zero-order chi connectivity index (χ0) is 11.7. The molecule has 0 aromatic carbocycles. The molecule has 82 valence electrons. The van der Waals surface area contributed by atoms with Gasteiger partial charge >= 0.3 is 0 Å². The minimum Gasteiger partial charge on any atom is -0.345 e. The Bertz CT molecular complexity index is 673. The average Bonchev–Trinajstić information content (AvgIpc) is 2.83. The molecule has 1 N–H and O–H groups in total. The minimum absolute atomic E-state index is 0.0216. The van der Waals surface area contributed by atoms with Crippen molar-refractivity contribution in [2.24, 2.45) is 0 Å². The van der Waals surface area contributed by atoms with Crippen LogP contribution < -0.4 is 0 Å². The third-order valence-electron chi connectivity index (χ3n) is 2.64. The Morgan fingerprint density at radius 1 is 1.12 bits per heavy atom. The van der Waals surface area contributed by atoms with E-state index in [0.717, 1.165) is 11.0 Å². The number of aromatic nitrogens is 3. The first-order chi connectivity index (χ1) is 8.36. The molecule has 4 nitrogen and oxygen atoms in total. The van der Waals surface area contributed by atoms with Crippen LogP contribution in [0.2, 0.25) is 0 Å². The van der Waals surface area contributed by atoms with Crippen LogP contribution >= 0.6 is 0 Å². The van der Waals surface area contributed by atoms with Gasteiger partial charge in [0.1, 0.15) is 5.65 Å². The van der Waals surface area contributed by atoms with Gasteiger partial charge in [-0.3, -0.25) is 9.78 Å². The van der Waals surface area contributed by atoms with E-state index in [9.17, 15) is 4.79 Å². The van der Waals surface area contributed by atoms with E-state index in [4.69, 9.17) is 0 Å². The van der Waals surface area contributed by atoms with Gasteiger partial charge in [-0.05, 0) is 24.3 Å². The van der Waals surface area contributed by atoms with E-state index in [1.165, 1.54) is 0 Å². The first-order valence-corrected chi connectivity index (χ1v) is 5.23. The molecule has 0 spiro atoms. The lowest BCUT2D eigenvalue weighted by molar-refractivity contribution is 0.104. The second-order valence-electron chi connectivity index (χ2n) is 3.67. The number of pyridine rings is 2. The van der Waals surface area contributed by atoms with Crippen molar-refractivity contribution in [3.8, 4) is 0 Å². The lowest BCUT2D eigenvalue weighted by Crippen LogP contribution is -2.00. The van der Waals surface area contributed by atoms with Crippen LogP contribution in [0.1, 0.15) is 15.9 Å². The van der Waals surface area contributed by atoms with Crippen LogP contribution in [0.3, 0.4) is 0 Å². The summed E-state index contributed by atoms with van der Waals surface area (Å²) in [5.74, 6) is -0.0216. The predicted molar refractivity (Wildman–Crippen MR) is 63.8 cm³/mol. The summed E-state index contributed by atoms with van der Waals surface area (Å²) < 4.78 is 0. The first-order valence-electron chi connectivity index (χ1n) is 5.23. The monoisotopic (exact) mass is 223 g/mol. The van der Waals surface area contributed by atoms with E-state index >= 15 is 0 Å². The van der Waals surface area contributed by atoms with Gasteiger partial charge in [-0.15, -0.1) is 0 Å². The average molecular weight is 223 g/mol. The number of H-pyrrole nitrogens is 1. The van der Waals surface area contributed by atoms with Gasteiger partial charge in [0.05, 0.1) is 0 Å². The molecule has 0 saturated carbocycles. The highest BCUT2D eigenvalue weighted by atomic mass is 16.1. The summed E-state index contributed by atoms with van der Waals surface area (Å²) in [6.45, 7) is 0. The molecule has 3 heterocycles. The van der Waals surface area contributed by atoms with Crippen molar-refractivity contribution >= 4 is 16.8 Å². The molecule has 3 rings (SSSR count). The zero-order valence-corrected chi connectivity index (χ0v) is 8.92. The van der Waals surface area contributed by atoms with Gasteiger partial charge in [0.15, 0.2) is 5.78 Å². The van der Waals surface area contributed by atoms with Gasteiger partial charge in [-0.2, -0.15) is 0 Å². The van der Waals surface area contributed by atoms with Crippen LogP contribution in [0.15, 0.2) is 49.1 Å². The minimum atomic E-state index is -0.0216. The SMILES string of the molecule is O=C(c1ccncc1)c1c[nH]c2ncccc12. The van der Waals surface area contributed by atoms with Crippen molar-refractivity contribution in [2.45, 2.75) is 0 Å². The normalized spacial score (nSPS) is 10.6. The van der Waals surface area contributed by atoms with Gasteiger partial charge in [0, 0.05) is 41.3 Å². The number of carbonyl (C=O) groups excluding carboxylic acids is 1. The highest BCUT2D eigenvalue weighted by Gasteiger charge is 2.13. The maximum Gasteiger partial charge on any atom is 0.195 e. The first kappa shape index (κ1) is 9.72. The molecule has 0 unspecified atom stereocenters. The third-order valence-corrected chi connectivity index (χ3v) is 2.64. The van der Waals surface area contributed by atoms with Crippen LogP contribution in [0, 0.1) is 0 Å². The molecule has 0 radical (unpaired) electrons. The molecule has 4 heteroatoms. The number of fused-ring (bicyclic) bond motifs is 1. The number of ketones is 1. The smallest absolute Gasteiger partial charge is 0.195 e. The molecule has 3 aromatic heterocycles. The predicted octanol–water partition coefficient (Wildman–Crippen LogP) is 2.19. The van der Waals surface area contributed by atoms with Crippen molar-refractivity contribution in [3.05, 3.63) is 60.2 Å². The van der Waals surface area contributed by atoms with E-state index in [2.05, 4.69) is 15.0 Å². The molecule has 3 aromatic rings. The summed E-state index contributed by atoms with van der Waals surface area (Å²) >= 11 is 0. The standard InChI is InChI=1S/C13H9N3O/c17-12(9-3-6-14-7-4-9)11-8-16-13-10(11)2-1-5-15-13/h1-8H,(H,15,16). The lowest BCUT2D eigenvalue weighted by atomic mass is 10.1. The molecule has 0 saturated heterocycles. The van der Waals surface area contributed by atoms with E-state index in [-0.39, 0.29) is 5.78 Å². The van der Waals surface area contributed by atoms with Gasteiger partial charge in [0.25, 0.3) is 0 Å². The highest BCUT2D eigenvalue weighted by Crippen LogP contribution is 2.18. The fourth-order valence-electron chi connectivity index (χ4n) is 1.80. The maximum atomic E-state index is 12.2. The molecule has 0 aliphatic rings. The molecule has 17 heavy (non-hydrogen) atoms. The summed E-state index contributed by atoms with van der Waals surface area (Å²) in [6.07, 6.45) is 6.61. The molecule has 0 aliphatic carbocycles. The molecule has 0 fully saturated rings. The molecule has 0 amide bonds. The highest BCUT2D eigenvalue weighted by molar-refractivity contribution is 6.15. The molecular formula is C13H9N3O. The Hall–Kier alpha value is -2.49. The molecule has 0 bridgehead atoms. The maximum absolute atomic E-state index is 12.2. The summed E-state index contributed by atoms with van der Waals surface area (Å²) in [5.41, 5.74) is 1.99. The number of hydrogen-bond donors (Lipinski definition) is 1. The van der Waals surface area contributed by atoms with Gasteiger partial charge in [-0.1, -0.05) is 0 Å². The topological polar surface area (TPSA) is 58.6 Å². The number of carbonyl (C=O) groups is 1. The largest absolute Gasteiger partial charge is 0.345 e. The van der Waals surface area contributed by atoms with Crippen LogP contribution in [0.4, 0.5) is 0 Å². The zero-order valence-electron chi connectivity index (χ0n) is 8.92. The Labute approximate surface area is 97.3 Å².